The van der Waals surface area contributed by atoms with Crippen LogP contribution in [-0.2, 0) is 15.0 Å². The largest absolute Gasteiger partial charge is 0.493 e. The predicted molar refractivity (Wildman–Crippen MR) is 173 cm³/mol. The minimum atomic E-state index is -1.06. The molecule has 0 heterocycles. The van der Waals surface area contributed by atoms with Crippen LogP contribution < -0.4 is 20.1 Å². The van der Waals surface area contributed by atoms with Crippen molar-refractivity contribution in [1.82, 2.24) is 10.6 Å². The first-order valence-electron chi connectivity index (χ1n) is 14.5. The first-order chi connectivity index (χ1) is 21.5. The lowest BCUT2D eigenvalue weighted by Crippen LogP contribution is -2.49. The predicted octanol–water partition coefficient (Wildman–Crippen LogP) is 6.77. The maximum Gasteiger partial charge on any atom is 0.236 e. The van der Waals surface area contributed by atoms with Gasteiger partial charge < -0.3 is 20.1 Å². The maximum atomic E-state index is 14.5. The van der Waals surface area contributed by atoms with Gasteiger partial charge >= 0.3 is 0 Å². The molecular formula is C38H36N2O4. The quantitative estimate of drug-likeness (QED) is 0.168. The number of hydrogen-bond acceptors (Lipinski definition) is 4. The SMILES string of the molecule is COc1ccc(C(NC(=O)C(c2ccccc2)c2ccccc2)NC(=O)C(C)(c2ccccc2)c2ccccc2)cc1OC. The van der Waals surface area contributed by atoms with Crippen LogP contribution in [0.2, 0.25) is 0 Å². The van der Waals surface area contributed by atoms with Crippen LogP contribution >= 0.6 is 0 Å². The Morgan fingerprint density at radius 2 is 1.02 bits per heavy atom. The molecule has 222 valence electrons. The molecule has 5 rings (SSSR count). The second kappa shape index (κ2) is 13.7. The normalized spacial score (nSPS) is 11.8. The molecule has 6 nitrogen and oxygen atoms in total. The lowest BCUT2D eigenvalue weighted by atomic mass is 9.75. The van der Waals surface area contributed by atoms with E-state index in [1.807, 2.05) is 134 Å². The summed E-state index contributed by atoms with van der Waals surface area (Å²) in [5.41, 5.74) is 2.91. The number of carbonyl (C=O) groups is 2. The molecular weight excluding hydrogens is 548 g/mol. The zero-order valence-corrected chi connectivity index (χ0v) is 25.1. The van der Waals surface area contributed by atoms with Gasteiger partial charge in [0, 0.05) is 0 Å². The summed E-state index contributed by atoms with van der Waals surface area (Å²) >= 11 is 0. The van der Waals surface area contributed by atoms with E-state index < -0.39 is 17.5 Å². The van der Waals surface area contributed by atoms with E-state index in [9.17, 15) is 9.59 Å². The summed E-state index contributed by atoms with van der Waals surface area (Å²) in [6.45, 7) is 1.90. The van der Waals surface area contributed by atoms with Crippen LogP contribution in [0.15, 0.2) is 140 Å². The van der Waals surface area contributed by atoms with Crippen LogP contribution in [0.25, 0.3) is 0 Å². The van der Waals surface area contributed by atoms with E-state index in [0.717, 1.165) is 22.3 Å². The van der Waals surface area contributed by atoms with Gasteiger partial charge in [-0.1, -0.05) is 127 Å². The standard InChI is InChI=1S/C38H36N2O4/c1-38(30-20-12-6-13-21-30,31-22-14-7-15-23-31)37(42)40-35(29-24-25-32(43-2)33(26-29)44-3)39-36(41)34(27-16-8-4-9-17-27)28-18-10-5-11-19-28/h4-26,34-35H,1-3H3,(H,39,41)(H,40,42). The number of carbonyl (C=O) groups excluding carboxylic acids is 2. The average molecular weight is 585 g/mol. The Morgan fingerprint density at radius 3 is 1.48 bits per heavy atom. The molecule has 0 saturated heterocycles. The molecule has 0 aliphatic heterocycles. The molecule has 0 fully saturated rings. The molecule has 0 bridgehead atoms. The summed E-state index contributed by atoms with van der Waals surface area (Å²) in [5.74, 6) is -0.117. The molecule has 5 aromatic carbocycles. The molecule has 0 aliphatic rings. The molecule has 0 aliphatic carbocycles. The van der Waals surface area contributed by atoms with Gasteiger partial charge in [0.25, 0.3) is 0 Å². The Bertz CT molecular complexity index is 1600. The van der Waals surface area contributed by atoms with Crippen molar-refractivity contribution in [3.63, 3.8) is 0 Å². The molecule has 0 saturated carbocycles. The molecule has 0 aromatic heterocycles. The van der Waals surface area contributed by atoms with Gasteiger partial charge in [-0.15, -0.1) is 0 Å². The highest BCUT2D eigenvalue weighted by atomic mass is 16.5. The molecule has 2 amide bonds. The highest BCUT2D eigenvalue weighted by Gasteiger charge is 2.39. The van der Waals surface area contributed by atoms with Gasteiger partial charge in [-0.3, -0.25) is 9.59 Å². The molecule has 44 heavy (non-hydrogen) atoms. The zero-order valence-electron chi connectivity index (χ0n) is 25.1. The van der Waals surface area contributed by atoms with Crippen molar-refractivity contribution in [2.45, 2.75) is 24.4 Å². The van der Waals surface area contributed by atoms with E-state index in [4.69, 9.17) is 9.47 Å². The van der Waals surface area contributed by atoms with Gasteiger partial charge in [-0.2, -0.15) is 0 Å². The summed E-state index contributed by atoms with van der Waals surface area (Å²) < 4.78 is 11.0. The third kappa shape index (κ3) is 6.35. The van der Waals surface area contributed by atoms with Gasteiger partial charge in [0.2, 0.25) is 11.8 Å². The summed E-state index contributed by atoms with van der Waals surface area (Å²) in [4.78, 5) is 28.8. The number of nitrogens with one attached hydrogen (secondary N) is 2. The van der Waals surface area contributed by atoms with Gasteiger partial charge in [0.1, 0.15) is 6.17 Å². The Hall–Kier alpha value is -5.36. The second-order valence-corrected chi connectivity index (χ2v) is 10.6. The highest BCUT2D eigenvalue weighted by Crippen LogP contribution is 2.35. The zero-order chi connectivity index (χ0) is 30.9. The fourth-order valence-corrected chi connectivity index (χ4v) is 5.49. The van der Waals surface area contributed by atoms with Crippen LogP contribution in [0, 0.1) is 0 Å². The van der Waals surface area contributed by atoms with E-state index in [-0.39, 0.29) is 11.8 Å². The summed E-state index contributed by atoms with van der Waals surface area (Å²) in [6.07, 6.45) is -0.892. The Balaban J connectivity index is 1.57. The van der Waals surface area contributed by atoms with Crippen LogP contribution in [0.3, 0.4) is 0 Å². The van der Waals surface area contributed by atoms with Crippen molar-refractivity contribution in [2.75, 3.05) is 14.2 Å². The molecule has 6 heteroatoms. The number of methoxy groups -OCH3 is 2. The third-order valence-corrected chi connectivity index (χ3v) is 7.99. The van der Waals surface area contributed by atoms with Gasteiger partial charge in [-0.05, 0) is 46.9 Å². The molecule has 2 N–H and O–H groups in total. The van der Waals surface area contributed by atoms with E-state index in [1.165, 1.54) is 0 Å². The fourth-order valence-electron chi connectivity index (χ4n) is 5.49. The molecule has 1 unspecified atom stereocenters. The Labute approximate surface area is 258 Å². The van der Waals surface area contributed by atoms with Crippen molar-refractivity contribution in [3.05, 3.63) is 167 Å². The van der Waals surface area contributed by atoms with Crippen molar-refractivity contribution >= 4 is 11.8 Å². The first-order valence-corrected chi connectivity index (χ1v) is 14.5. The number of amides is 2. The summed E-state index contributed by atoms with van der Waals surface area (Å²) in [7, 11) is 3.12. The highest BCUT2D eigenvalue weighted by molar-refractivity contribution is 5.93. The maximum absolute atomic E-state index is 14.5. The topological polar surface area (TPSA) is 76.7 Å². The number of benzene rings is 5. The lowest BCUT2D eigenvalue weighted by Gasteiger charge is -2.33. The monoisotopic (exact) mass is 584 g/mol. The van der Waals surface area contributed by atoms with Crippen molar-refractivity contribution in [3.8, 4) is 11.5 Å². The van der Waals surface area contributed by atoms with Crippen molar-refractivity contribution in [2.24, 2.45) is 0 Å². The summed E-state index contributed by atoms with van der Waals surface area (Å²) in [6, 6.07) is 43.9. The third-order valence-electron chi connectivity index (χ3n) is 7.99. The summed E-state index contributed by atoms with van der Waals surface area (Å²) in [5, 5.41) is 6.34. The van der Waals surface area contributed by atoms with Crippen LogP contribution in [0.1, 0.15) is 46.8 Å². The van der Waals surface area contributed by atoms with E-state index in [2.05, 4.69) is 10.6 Å². The number of rotatable bonds is 11. The van der Waals surface area contributed by atoms with Gasteiger partial charge in [0.15, 0.2) is 11.5 Å². The van der Waals surface area contributed by atoms with Crippen LogP contribution in [-0.4, -0.2) is 26.0 Å². The van der Waals surface area contributed by atoms with Crippen LogP contribution in [0.4, 0.5) is 0 Å². The molecule has 0 radical (unpaired) electrons. The smallest absolute Gasteiger partial charge is 0.236 e. The number of ether oxygens (including phenoxy) is 2. The Kier molecular flexibility index (Phi) is 9.40. The minimum absolute atomic E-state index is 0.261. The first kappa shape index (κ1) is 30.1. The van der Waals surface area contributed by atoms with Crippen molar-refractivity contribution < 1.29 is 19.1 Å². The molecule has 1 atom stereocenters. The van der Waals surface area contributed by atoms with E-state index >= 15 is 0 Å². The van der Waals surface area contributed by atoms with Crippen molar-refractivity contribution in [1.29, 1.82) is 0 Å². The average Bonchev–Trinajstić information content (AvgIpc) is 3.09. The van der Waals surface area contributed by atoms with E-state index in [0.29, 0.717) is 17.1 Å². The Morgan fingerprint density at radius 1 is 0.568 bits per heavy atom. The minimum Gasteiger partial charge on any atom is -0.493 e. The fraction of sp³-hybridized carbons (Fsp3) is 0.158. The second-order valence-electron chi connectivity index (χ2n) is 10.6. The molecule has 5 aromatic rings. The lowest BCUT2D eigenvalue weighted by molar-refractivity contribution is -0.127. The van der Waals surface area contributed by atoms with Gasteiger partial charge in [-0.25, -0.2) is 0 Å². The van der Waals surface area contributed by atoms with Gasteiger partial charge in [0.05, 0.1) is 25.6 Å². The molecule has 0 spiro atoms. The van der Waals surface area contributed by atoms with Crippen LogP contribution in [0.5, 0.6) is 11.5 Å². The van der Waals surface area contributed by atoms with E-state index in [1.54, 1.807) is 26.4 Å². The number of hydrogen-bond donors (Lipinski definition) is 2.